The first-order valence-corrected chi connectivity index (χ1v) is 6.06. The standard InChI is InChI=1S/C12H20N2O2/c1-3-10-9(2)13(15)11-7-5-4-6-8-12(11)14(10)16/h15-16H,3-8H2,1-2H3. The molecule has 0 spiro atoms. The van der Waals surface area contributed by atoms with Crippen molar-refractivity contribution in [3.05, 3.63) is 22.8 Å². The predicted molar refractivity (Wildman–Crippen MR) is 60.4 cm³/mol. The van der Waals surface area contributed by atoms with E-state index in [2.05, 4.69) is 0 Å². The van der Waals surface area contributed by atoms with Gasteiger partial charge in [0.1, 0.15) is 0 Å². The van der Waals surface area contributed by atoms with E-state index in [-0.39, 0.29) is 0 Å². The van der Waals surface area contributed by atoms with Crippen LogP contribution in [0, 0.1) is 0 Å². The highest BCUT2D eigenvalue weighted by atomic mass is 16.5. The topological polar surface area (TPSA) is 46.9 Å². The van der Waals surface area contributed by atoms with E-state index in [0.29, 0.717) is 0 Å². The molecule has 0 amide bonds. The van der Waals surface area contributed by atoms with Crippen molar-refractivity contribution in [2.75, 3.05) is 0 Å². The van der Waals surface area contributed by atoms with Gasteiger partial charge < -0.3 is 0 Å². The van der Waals surface area contributed by atoms with Gasteiger partial charge in [0.25, 0.3) is 0 Å². The fourth-order valence-corrected chi connectivity index (χ4v) is 2.55. The van der Waals surface area contributed by atoms with E-state index >= 15 is 0 Å². The largest absolute Gasteiger partial charge is 0.284 e. The molecule has 2 N–H and O–H groups in total. The first kappa shape index (κ1) is 11.5. The molecule has 0 saturated carbocycles. The number of nitrogens with zero attached hydrogens (tertiary/aromatic N) is 2. The lowest BCUT2D eigenvalue weighted by Crippen LogP contribution is -2.33. The summed E-state index contributed by atoms with van der Waals surface area (Å²) in [5.74, 6) is 0. The normalized spacial score (nSPS) is 22.5. The van der Waals surface area contributed by atoms with Gasteiger partial charge in [-0.25, -0.2) is 10.1 Å². The zero-order valence-corrected chi connectivity index (χ0v) is 10.0. The molecule has 16 heavy (non-hydrogen) atoms. The van der Waals surface area contributed by atoms with Crippen LogP contribution in [0.2, 0.25) is 0 Å². The smallest absolute Gasteiger partial charge is 0.0683 e. The van der Waals surface area contributed by atoms with Crippen molar-refractivity contribution in [3.8, 4) is 0 Å². The molecular formula is C12H20N2O2. The van der Waals surface area contributed by atoms with Crippen molar-refractivity contribution in [2.24, 2.45) is 0 Å². The summed E-state index contributed by atoms with van der Waals surface area (Å²) < 4.78 is 0. The zero-order valence-electron chi connectivity index (χ0n) is 10.0. The molecule has 0 aromatic carbocycles. The van der Waals surface area contributed by atoms with Gasteiger partial charge in [-0.3, -0.25) is 10.4 Å². The summed E-state index contributed by atoms with van der Waals surface area (Å²) in [6.07, 6.45) is 5.74. The number of rotatable bonds is 1. The van der Waals surface area contributed by atoms with E-state index in [1.807, 2.05) is 13.8 Å². The minimum atomic E-state index is 0.718. The highest BCUT2D eigenvalue weighted by Crippen LogP contribution is 2.36. The maximum atomic E-state index is 10.2. The van der Waals surface area contributed by atoms with Crippen molar-refractivity contribution in [2.45, 2.75) is 52.4 Å². The summed E-state index contributed by atoms with van der Waals surface area (Å²) in [4.78, 5) is 0. The third-order valence-electron chi connectivity index (χ3n) is 3.50. The molecule has 0 aromatic rings. The molecule has 0 fully saturated rings. The molecule has 0 aromatic heterocycles. The first-order valence-electron chi connectivity index (χ1n) is 6.06. The monoisotopic (exact) mass is 224 g/mol. The minimum Gasteiger partial charge on any atom is -0.284 e. The minimum absolute atomic E-state index is 0.718. The van der Waals surface area contributed by atoms with Gasteiger partial charge >= 0.3 is 0 Å². The van der Waals surface area contributed by atoms with Crippen LogP contribution in [-0.4, -0.2) is 20.5 Å². The van der Waals surface area contributed by atoms with E-state index in [1.165, 1.54) is 10.1 Å². The summed E-state index contributed by atoms with van der Waals surface area (Å²) in [6, 6.07) is 0. The van der Waals surface area contributed by atoms with E-state index < -0.39 is 0 Å². The van der Waals surface area contributed by atoms with Crippen LogP contribution < -0.4 is 0 Å². The molecule has 1 heterocycles. The summed E-state index contributed by atoms with van der Waals surface area (Å²) >= 11 is 0. The van der Waals surface area contributed by atoms with Gasteiger partial charge in [-0.05, 0) is 39.0 Å². The maximum Gasteiger partial charge on any atom is 0.0683 e. The van der Waals surface area contributed by atoms with Crippen molar-refractivity contribution >= 4 is 0 Å². The summed E-state index contributed by atoms with van der Waals surface area (Å²) in [5.41, 5.74) is 3.28. The van der Waals surface area contributed by atoms with Gasteiger partial charge in [0.15, 0.2) is 0 Å². The summed E-state index contributed by atoms with van der Waals surface area (Å²) in [6.45, 7) is 3.83. The molecule has 4 nitrogen and oxygen atoms in total. The quantitative estimate of drug-likeness (QED) is 0.718. The Hall–Kier alpha value is -1.00. The van der Waals surface area contributed by atoms with Crippen molar-refractivity contribution in [1.29, 1.82) is 0 Å². The van der Waals surface area contributed by atoms with Gasteiger partial charge in [0, 0.05) is 0 Å². The Kier molecular flexibility index (Phi) is 3.21. The average molecular weight is 224 g/mol. The highest BCUT2D eigenvalue weighted by Gasteiger charge is 2.29. The second-order valence-electron chi connectivity index (χ2n) is 4.46. The molecule has 1 aliphatic heterocycles. The lowest BCUT2D eigenvalue weighted by molar-refractivity contribution is -0.0811. The molecule has 0 saturated heterocycles. The van der Waals surface area contributed by atoms with Gasteiger partial charge in [-0.2, -0.15) is 0 Å². The van der Waals surface area contributed by atoms with Crippen molar-refractivity contribution in [3.63, 3.8) is 0 Å². The average Bonchev–Trinajstić information content (AvgIpc) is 2.52. The van der Waals surface area contributed by atoms with E-state index in [4.69, 9.17) is 0 Å². The van der Waals surface area contributed by atoms with Gasteiger partial charge in [-0.15, -0.1) is 0 Å². The Balaban J connectivity index is 2.38. The third kappa shape index (κ3) is 1.72. The number of hydrogen-bond donors (Lipinski definition) is 2. The highest BCUT2D eigenvalue weighted by molar-refractivity contribution is 5.27. The molecule has 4 heteroatoms. The number of hydrogen-bond acceptors (Lipinski definition) is 4. The second-order valence-corrected chi connectivity index (χ2v) is 4.46. The van der Waals surface area contributed by atoms with Crippen LogP contribution in [0.4, 0.5) is 0 Å². The molecule has 2 rings (SSSR count). The fourth-order valence-electron chi connectivity index (χ4n) is 2.55. The molecule has 0 atom stereocenters. The van der Waals surface area contributed by atoms with Crippen LogP contribution >= 0.6 is 0 Å². The zero-order chi connectivity index (χ0) is 11.7. The van der Waals surface area contributed by atoms with Crippen molar-refractivity contribution in [1.82, 2.24) is 10.1 Å². The van der Waals surface area contributed by atoms with Gasteiger partial charge in [-0.1, -0.05) is 13.3 Å². The molecule has 2 aliphatic rings. The maximum absolute atomic E-state index is 10.2. The lowest BCUT2D eigenvalue weighted by atomic mass is 10.1. The van der Waals surface area contributed by atoms with Crippen LogP contribution in [-0.2, 0) is 0 Å². The van der Waals surface area contributed by atoms with E-state index in [1.54, 1.807) is 0 Å². The second kappa shape index (κ2) is 4.47. The number of hydroxylamine groups is 4. The Morgan fingerprint density at radius 1 is 1.00 bits per heavy atom. The fraction of sp³-hybridized carbons (Fsp3) is 0.667. The summed E-state index contributed by atoms with van der Waals surface area (Å²) in [7, 11) is 0. The van der Waals surface area contributed by atoms with Crippen molar-refractivity contribution < 1.29 is 10.4 Å². The lowest BCUT2D eigenvalue weighted by Gasteiger charge is -2.35. The van der Waals surface area contributed by atoms with Crippen LogP contribution in [0.15, 0.2) is 22.8 Å². The van der Waals surface area contributed by atoms with Crippen LogP contribution in [0.1, 0.15) is 52.4 Å². The van der Waals surface area contributed by atoms with Crippen LogP contribution in [0.3, 0.4) is 0 Å². The number of allylic oxidation sites excluding steroid dienone is 4. The third-order valence-corrected chi connectivity index (χ3v) is 3.50. The molecular weight excluding hydrogens is 204 g/mol. The first-order chi connectivity index (χ1) is 7.66. The SMILES string of the molecule is CCC1=C(C)N(O)C2=C(CCCCC2)N1O. The Morgan fingerprint density at radius 2 is 1.56 bits per heavy atom. The van der Waals surface area contributed by atoms with Gasteiger partial charge in [0.2, 0.25) is 0 Å². The Morgan fingerprint density at radius 3 is 2.12 bits per heavy atom. The molecule has 0 bridgehead atoms. The molecule has 0 radical (unpaired) electrons. The molecule has 1 aliphatic carbocycles. The van der Waals surface area contributed by atoms with Gasteiger partial charge in [0.05, 0.1) is 22.8 Å². The Labute approximate surface area is 96.4 Å². The van der Waals surface area contributed by atoms with E-state index in [0.717, 1.165) is 61.3 Å². The van der Waals surface area contributed by atoms with E-state index in [9.17, 15) is 10.4 Å². The Bertz CT molecular complexity index is 347. The summed E-state index contributed by atoms with van der Waals surface area (Å²) in [5, 5.41) is 22.8. The molecule has 0 unspecified atom stereocenters. The molecule has 90 valence electrons. The predicted octanol–water partition coefficient (Wildman–Crippen LogP) is 3.20. The van der Waals surface area contributed by atoms with Crippen LogP contribution in [0.25, 0.3) is 0 Å². The van der Waals surface area contributed by atoms with Crippen LogP contribution in [0.5, 0.6) is 0 Å².